The molecule has 2 aliphatic rings. The van der Waals surface area contributed by atoms with E-state index in [1.807, 2.05) is 0 Å². The molecule has 33 heavy (non-hydrogen) atoms. The van der Waals surface area contributed by atoms with Gasteiger partial charge >= 0.3 is 26.2 Å². The molecule has 0 N–H and O–H groups in total. The first-order valence-electron chi connectivity index (χ1n) is 13.4. The third kappa shape index (κ3) is 13.7. The Kier molecular flexibility index (Phi) is 21.6. The zero-order chi connectivity index (χ0) is 20.7. The van der Waals surface area contributed by atoms with E-state index in [-0.39, 0.29) is 51.0 Å². The Bertz CT molecular complexity index is 561. The number of aryl methyl sites for hydroxylation is 4. The zero-order valence-electron chi connectivity index (χ0n) is 20.9. The quantitative estimate of drug-likeness (QED) is 0.428. The molecule has 0 spiro atoms. The second kappa shape index (κ2) is 21.4. The molecule has 0 amide bonds. The standard InChI is InChI=1S/2C15H23.2ClH.Zr/c2*1-2-4-6-8-11-15-13-9-12-14(15)10-7-5-3-1;;;/h2*9,12-13H,1-8,10-11H2;2*1H;/q2*-1;;;+4/p-2. The van der Waals surface area contributed by atoms with Crippen LogP contribution in [-0.2, 0) is 51.9 Å². The summed E-state index contributed by atoms with van der Waals surface area (Å²) in [5.74, 6) is 0. The molecule has 0 nitrogen and oxygen atoms in total. The maximum atomic E-state index is 2.33. The fraction of sp³-hybridized carbons (Fsp3) is 0.667. The summed E-state index contributed by atoms with van der Waals surface area (Å²) >= 11 is 0. The van der Waals surface area contributed by atoms with Crippen LogP contribution in [0.4, 0.5) is 0 Å². The number of hydrogen-bond acceptors (Lipinski definition) is 0. The zero-order valence-corrected chi connectivity index (χ0v) is 24.8. The first-order valence-corrected chi connectivity index (χ1v) is 13.4. The number of rotatable bonds is 0. The molecule has 0 aromatic heterocycles. The summed E-state index contributed by atoms with van der Waals surface area (Å²) in [4.78, 5) is 0. The van der Waals surface area contributed by atoms with Gasteiger partial charge in [0.15, 0.2) is 0 Å². The Balaban J connectivity index is 0.000000569. The van der Waals surface area contributed by atoms with Gasteiger partial charge in [-0.2, -0.15) is 46.5 Å². The maximum Gasteiger partial charge on any atom is 4.00 e. The third-order valence-corrected chi connectivity index (χ3v) is 7.30. The van der Waals surface area contributed by atoms with Crippen molar-refractivity contribution in [3.05, 3.63) is 58.7 Å². The molecule has 184 valence electrons. The van der Waals surface area contributed by atoms with Crippen molar-refractivity contribution in [1.82, 2.24) is 0 Å². The molecular formula is C30H46Cl2Zr. The molecule has 0 fully saturated rings. The monoisotopic (exact) mass is 566 g/mol. The van der Waals surface area contributed by atoms with Crippen LogP contribution in [0.3, 0.4) is 0 Å². The van der Waals surface area contributed by atoms with Crippen molar-refractivity contribution in [3.63, 3.8) is 0 Å². The smallest absolute Gasteiger partial charge is 1.00 e. The molecule has 0 bridgehead atoms. The largest absolute Gasteiger partial charge is 4.00 e. The van der Waals surface area contributed by atoms with Crippen LogP contribution in [-0.4, -0.2) is 0 Å². The van der Waals surface area contributed by atoms with Crippen molar-refractivity contribution in [3.8, 4) is 0 Å². The summed E-state index contributed by atoms with van der Waals surface area (Å²) in [6.07, 6.45) is 28.3. The average molecular weight is 569 g/mol. The van der Waals surface area contributed by atoms with Crippen molar-refractivity contribution in [2.45, 2.75) is 128 Å². The van der Waals surface area contributed by atoms with Gasteiger partial charge in [-0.15, -0.1) is 0 Å². The van der Waals surface area contributed by atoms with E-state index in [0.717, 1.165) is 0 Å². The summed E-state index contributed by atoms with van der Waals surface area (Å²) < 4.78 is 0. The van der Waals surface area contributed by atoms with Crippen LogP contribution in [0, 0.1) is 0 Å². The van der Waals surface area contributed by atoms with Gasteiger partial charge in [0.1, 0.15) is 0 Å². The van der Waals surface area contributed by atoms with E-state index in [0.29, 0.717) is 0 Å². The predicted molar refractivity (Wildman–Crippen MR) is 133 cm³/mol. The van der Waals surface area contributed by atoms with E-state index in [1.165, 1.54) is 128 Å². The summed E-state index contributed by atoms with van der Waals surface area (Å²) in [5, 5.41) is 0. The van der Waals surface area contributed by atoms with Gasteiger partial charge in [0.2, 0.25) is 0 Å². The fourth-order valence-corrected chi connectivity index (χ4v) is 5.35. The number of hydrogen-bond donors (Lipinski definition) is 0. The van der Waals surface area contributed by atoms with Crippen LogP contribution in [0.5, 0.6) is 0 Å². The Morgan fingerprint density at radius 3 is 1.00 bits per heavy atom. The fourth-order valence-electron chi connectivity index (χ4n) is 5.35. The van der Waals surface area contributed by atoms with Gasteiger partial charge in [0.25, 0.3) is 0 Å². The molecule has 3 heteroatoms. The Morgan fingerprint density at radius 1 is 0.394 bits per heavy atom. The molecule has 0 aliphatic heterocycles. The van der Waals surface area contributed by atoms with E-state index < -0.39 is 0 Å². The minimum Gasteiger partial charge on any atom is -1.00 e. The maximum absolute atomic E-state index is 2.33. The van der Waals surface area contributed by atoms with Gasteiger partial charge in [-0.25, -0.2) is 12.1 Å². The van der Waals surface area contributed by atoms with E-state index >= 15 is 0 Å². The average Bonchev–Trinajstić information content (AvgIpc) is 3.38. The van der Waals surface area contributed by atoms with Gasteiger partial charge in [0.05, 0.1) is 0 Å². The third-order valence-electron chi connectivity index (χ3n) is 7.30. The molecule has 4 rings (SSSR count). The second-order valence-electron chi connectivity index (χ2n) is 9.81. The SMILES string of the molecule is [Cl-].[Cl-].[Zr+4].c1cc2c([cH-]1)CCCCCCCCCC2.c1cc2c([cH-]1)CCCCCCCCCC2. The van der Waals surface area contributed by atoms with E-state index in [9.17, 15) is 0 Å². The van der Waals surface area contributed by atoms with E-state index in [1.54, 1.807) is 22.3 Å². The Hall–Kier alpha value is 0.163. The van der Waals surface area contributed by atoms with Crippen molar-refractivity contribution >= 4 is 0 Å². The van der Waals surface area contributed by atoms with Gasteiger partial charge in [-0.05, 0) is 0 Å². The van der Waals surface area contributed by atoms with Gasteiger partial charge in [-0.1, -0.05) is 128 Å². The minimum absolute atomic E-state index is 0. The minimum atomic E-state index is 0. The van der Waals surface area contributed by atoms with Crippen LogP contribution in [0.2, 0.25) is 0 Å². The second-order valence-corrected chi connectivity index (χ2v) is 9.81. The van der Waals surface area contributed by atoms with Gasteiger partial charge in [0, 0.05) is 0 Å². The molecule has 2 aromatic rings. The molecule has 2 aromatic carbocycles. The first-order chi connectivity index (χ1) is 14.9. The van der Waals surface area contributed by atoms with Crippen LogP contribution in [0.1, 0.15) is 125 Å². The van der Waals surface area contributed by atoms with Crippen LogP contribution in [0.15, 0.2) is 36.4 Å². The summed E-state index contributed by atoms with van der Waals surface area (Å²) in [5.41, 5.74) is 6.54. The Labute approximate surface area is 236 Å². The van der Waals surface area contributed by atoms with Crippen LogP contribution >= 0.6 is 0 Å². The molecule has 0 radical (unpaired) electrons. The van der Waals surface area contributed by atoms with Crippen molar-refractivity contribution < 1.29 is 51.0 Å². The number of halogens is 2. The van der Waals surface area contributed by atoms with Crippen molar-refractivity contribution in [1.29, 1.82) is 0 Å². The summed E-state index contributed by atoms with van der Waals surface area (Å²) in [7, 11) is 0. The van der Waals surface area contributed by atoms with Crippen molar-refractivity contribution in [2.24, 2.45) is 0 Å². The van der Waals surface area contributed by atoms with E-state index in [2.05, 4.69) is 36.4 Å². The summed E-state index contributed by atoms with van der Waals surface area (Å²) in [6, 6.07) is 13.8. The van der Waals surface area contributed by atoms with Gasteiger partial charge < -0.3 is 24.8 Å². The van der Waals surface area contributed by atoms with Crippen LogP contribution < -0.4 is 24.8 Å². The number of fused-ring (bicyclic) bond motifs is 2. The summed E-state index contributed by atoms with van der Waals surface area (Å²) in [6.45, 7) is 0. The molecule has 0 heterocycles. The normalized spacial score (nSPS) is 18.2. The van der Waals surface area contributed by atoms with Gasteiger partial charge in [-0.3, -0.25) is 0 Å². The molecule has 0 saturated carbocycles. The molecular weight excluding hydrogens is 522 g/mol. The van der Waals surface area contributed by atoms with Crippen LogP contribution in [0.25, 0.3) is 0 Å². The molecule has 0 atom stereocenters. The molecule has 0 unspecified atom stereocenters. The first kappa shape index (κ1) is 33.2. The molecule has 2 aliphatic carbocycles. The topological polar surface area (TPSA) is 0 Å². The Morgan fingerprint density at radius 2 is 0.667 bits per heavy atom. The van der Waals surface area contributed by atoms with E-state index in [4.69, 9.17) is 0 Å². The molecule has 0 saturated heterocycles. The predicted octanol–water partition coefficient (Wildman–Crippen LogP) is 3.26. The van der Waals surface area contributed by atoms with Crippen molar-refractivity contribution in [2.75, 3.05) is 0 Å².